The smallest absolute Gasteiger partial charge is 0.392 e. The maximum atomic E-state index is 13.0. The van der Waals surface area contributed by atoms with Gasteiger partial charge in [0.25, 0.3) is 0 Å². The van der Waals surface area contributed by atoms with Crippen molar-refractivity contribution in [3.8, 4) is 0 Å². The lowest BCUT2D eigenvalue weighted by molar-refractivity contribution is -0.276. The van der Waals surface area contributed by atoms with Crippen molar-refractivity contribution in [2.24, 2.45) is 5.92 Å². The Balaban J connectivity index is 1.30. The van der Waals surface area contributed by atoms with E-state index in [4.69, 9.17) is 9.47 Å². The molecule has 2 aromatic rings. The van der Waals surface area contributed by atoms with Gasteiger partial charge in [-0.3, -0.25) is 14.5 Å². The van der Waals surface area contributed by atoms with E-state index in [9.17, 15) is 33.0 Å². The molecule has 228 valence electrons. The summed E-state index contributed by atoms with van der Waals surface area (Å²) in [6.07, 6.45) is -5.47. The fourth-order valence-corrected chi connectivity index (χ4v) is 5.95. The Morgan fingerprint density at radius 1 is 1.00 bits per heavy atom. The Morgan fingerprint density at radius 3 is 2.31 bits per heavy atom. The van der Waals surface area contributed by atoms with Crippen molar-refractivity contribution >= 4 is 17.5 Å². The van der Waals surface area contributed by atoms with E-state index in [1.54, 1.807) is 24.3 Å². The number of halogens is 3. The predicted molar refractivity (Wildman–Crippen MR) is 146 cm³/mol. The van der Waals surface area contributed by atoms with Gasteiger partial charge in [-0.1, -0.05) is 43.3 Å². The summed E-state index contributed by atoms with van der Waals surface area (Å²) in [6.45, 7) is 3.85. The summed E-state index contributed by atoms with van der Waals surface area (Å²) >= 11 is 0. The lowest BCUT2D eigenvalue weighted by Gasteiger charge is -2.42. The van der Waals surface area contributed by atoms with Crippen LogP contribution in [0.3, 0.4) is 0 Å². The standard InChI is InChI=1S/C30H36F3N3O6/c1-18-25(16-35-14-12-23(38)15-35)41-28(42-26(18)20-6-4-19(17-37)5-7-20)21-8-10-22(11-9-21)34-27(39)24-3-2-13-36(24)29(40)30(31,32)33/h4-11,18,23-26,28,37-38H,2-3,12-17H2,1H3,(H,34,39)/t18-,23-,24-,25+,26+,28+/m0/s1. The van der Waals surface area contributed by atoms with E-state index in [1.165, 1.54) is 0 Å². The minimum atomic E-state index is -5.03. The van der Waals surface area contributed by atoms with Crippen LogP contribution in [0.1, 0.15) is 55.3 Å². The second-order valence-electron chi connectivity index (χ2n) is 11.3. The fraction of sp³-hybridized carbons (Fsp3) is 0.533. The molecule has 0 saturated carbocycles. The van der Waals surface area contributed by atoms with Crippen molar-refractivity contribution in [3.63, 3.8) is 0 Å². The van der Waals surface area contributed by atoms with E-state index in [0.717, 1.165) is 17.7 Å². The number of carbonyl (C=O) groups excluding carboxylic acids is 2. The molecule has 0 aromatic heterocycles. The third-order valence-electron chi connectivity index (χ3n) is 8.32. The molecule has 3 N–H and O–H groups in total. The highest BCUT2D eigenvalue weighted by molar-refractivity contribution is 5.98. The summed E-state index contributed by atoms with van der Waals surface area (Å²) in [5, 5.41) is 22.1. The Morgan fingerprint density at radius 2 is 1.69 bits per heavy atom. The minimum Gasteiger partial charge on any atom is -0.392 e. The highest BCUT2D eigenvalue weighted by Gasteiger charge is 2.47. The van der Waals surface area contributed by atoms with Gasteiger partial charge in [-0.2, -0.15) is 13.2 Å². The first-order valence-corrected chi connectivity index (χ1v) is 14.2. The van der Waals surface area contributed by atoms with Crippen molar-refractivity contribution in [1.82, 2.24) is 9.80 Å². The molecule has 3 saturated heterocycles. The van der Waals surface area contributed by atoms with Crippen LogP contribution in [0.5, 0.6) is 0 Å². The number of carbonyl (C=O) groups is 2. The molecule has 42 heavy (non-hydrogen) atoms. The number of ether oxygens (including phenoxy) is 2. The molecule has 3 fully saturated rings. The van der Waals surface area contributed by atoms with E-state index in [2.05, 4.69) is 17.1 Å². The highest BCUT2D eigenvalue weighted by atomic mass is 19.4. The summed E-state index contributed by atoms with van der Waals surface area (Å²) in [5.41, 5.74) is 2.80. The van der Waals surface area contributed by atoms with E-state index in [0.29, 0.717) is 42.1 Å². The molecule has 3 heterocycles. The van der Waals surface area contributed by atoms with Crippen LogP contribution in [0, 0.1) is 5.92 Å². The molecule has 5 rings (SSSR count). The van der Waals surface area contributed by atoms with Gasteiger partial charge in [0.05, 0.1) is 24.9 Å². The van der Waals surface area contributed by atoms with Gasteiger partial charge in [0.15, 0.2) is 6.29 Å². The molecule has 6 atom stereocenters. The molecule has 0 radical (unpaired) electrons. The first-order valence-electron chi connectivity index (χ1n) is 14.2. The summed E-state index contributed by atoms with van der Waals surface area (Å²) in [5.74, 6) is -2.70. The van der Waals surface area contributed by atoms with E-state index >= 15 is 0 Å². The Kier molecular flexibility index (Phi) is 9.19. The van der Waals surface area contributed by atoms with E-state index < -0.39 is 30.3 Å². The average Bonchev–Trinajstić information content (AvgIpc) is 3.63. The van der Waals surface area contributed by atoms with E-state index in [1.807, 2.05) is 24.3 Å². The molecule has 2 aromatic carbocycles. The number of likely N-dealkylation sites (tertiary alicyclic amines) is 2. The summed E-state index contributed by atoms with van der Waals surface area (Å²) in [4.78, 5) is 27.3. The molecule has 2 amide bonds. The number of aliphatic hydroxyl groups excluding tert-OH is 2. The van der Waals surface area contributed by atoms with Crippen LogP contribution < -0.4 is 5.32 Å². The molecule has 0 unspecified atom stereocenters. The van der Waals surface area contributed by atoms with Gasteiger partial charge in [0.2, 0.25) is 5.91 Å². The molecule has 3 aliphatic heterocycles. The Hall–Kier alpha value is -3.03. The van der Waals surface area contributed by atoms with Crippen molar-refractivity contribution in [2.45, 2.75) is 69.6 Å². The number of rotatable bonds is 7. The minimum absolute atomic E-state index is 0.0219. The maximum Gasteiger partial charge on any atom is 0.471 e. The predicted octanol–water partition coefficient (Wildman–Crippen LogP) is 3.53. The second kappa shape index (κ2) is 12.7. The quantitative estimate of drug-likeness (QED) is 0.452. The molecule has 0 bridgehead atoms. The number of nitrogens with zero attached hydrogens (tertiary/aromatic N) is 2. The van der Waals surface area contributed by atoms with Crippen LogP contribution in [0.2, 0.25) is 0 Å². The van der Waals surface area contributed by atoms with Crippen LogP contribution in [0.15, 0.2) is 48.5 Å². The van der Waals surface area contributed by atoms with Gasteiger partial charge in [-0.05, 0) is 42.5 Å². The summed E-state index contributed by atoms with van der Waals surface area (Å²) in [6, 6.07) is 13.1. The first kappa shape index (κ1) is 30.4. The van der Waals surface area contributed by atoms with Gasteiger partial charge in [-0.25, -0.2) is 0 Å². The van der Waals surface area contributed by atoms with Crippen LogP contribution in [-0.4, -0.2) is 82.4 Å². The van der Waals surface area contributed by atoms with Crippen LogP contribution in [0.25, 0.3) is 0 Å². The zero-order chi connectivity index (χ0) is 30.0. The number of β-amino-alcohol motifs (C(OH)–C–C–N with tert-alkyl or cyclic N) is 1. The number of aliphatic hydroxyl groups is 2. The largest absolute Gasteiger partial charge is 0.471 e. The molecule has 0 spiro atoms. The SMILES string of the molecule is C[C@H]1[C@@H](CN2CC[C@H](O)C2)O[C@@H](c2ccc(NC(=O)[C@@H]3CCCN3C(=O)C(F)(F)F)cc2)O[C@H]1c1ccc(CO)cc1. The van der Waals surface area contributed by atoms with Crippen molar-refractivity contribution < 1.29 is 42.4 Å². The van der Waals surface area contributed by atoms with Crippen molar-refractivity contribution in [1.29, 1.82) is 0 Å². The maximum absolute atomic E-state index is 13.0. The third-order valence-corrected chi connectivity index (χ3v) is 8.32. The Labute approximate surface area is 242 Å². The second-order valence-corrected chi connectivity index (χ2v) is 11.3. The number of hydrogen-bond acceptors (Lipinski definition) is 7. The van der Waals surface area contributed by atoms with Crippen molar-refractivity contribution in [2.75, 3.05) is 31.5 Å². The zero-order valence-electron chi connectivity index (χ0n) is 23.3. The van der Waals surface area contributed by atoms with Crippen molar-refractivity contribution in [3.05, 3.63) is 65.2 Å². The topological polar surface area (TPSA) is 112 Å². The van der Waals surface area contributed by atoms with Gasteiger partial charge in [-0.15, -0.1) is 0 Å². The molecular formula is C30H36F3N3O6. The van der Waals surface area contributed by atoms with E-state index in [-0.39, 0.29) is 43.8 Å². The molecule has 9 nitrogen and oxygen atoms in total. The first-order chi connectivity index (χ1) is 20.0. The molecule has 3 aliphatic rings. The van der Waals surface area contributed by atoms with Gasteiger partial charge < -0.3 is 29.9 Å². The summed E-state index contributed by atoms with van der Waals surface area (Å²) in [7, 11) is 0. The summed E-state index contributed by atoms with van der Waals surface area (Å²) < 4.78 is 51.8. The number of benzene rings is 2. The lowest BCUT2D eigenvalue weighted by atomic mass is 9.90. The number of anilines is 1. The molecule has 12 heteroatoms. The molecular weight excluding hydrogens is 555 g/mol. The number of nitrogens with one attached hydrogen (secondary N) is 1. The normalized spacial score (nSPS) is 28.7. The van der Waals surface area contributed by atoms with Gasteiger partial charge in [0, 0.05) is 43.3 Å². The highest BCUT2D eigenvalue weighted by Crippen LogP contribution is 2.42. The van der Waals surface area contributed by atoms with Crippen LogP contribution >= 0.6 is 0 Å². The average molecular weight is 592 g/mol. The van der Waals surface area contributed by atoms with Gasteiger partial charge in [0.1, 0.15) is 6.04 Å². The number of alkyl halides is 3. The van der Waals surface area contributed by atoms with Crippen LogP contribution in [-0.2, 0) is 25.7 Å². The lowest BCUT2D eigenvalue weighted by Crippen LogP contribution is -2.48. The number of amides is 2. The van der Waals surface area contributed by atoms with Gasteiger partial charge >= 0.3 is 12.1 Å². The van der Waals surface area contributed by atoms with Crippen LogP contribution in [0.4, 0.5) is 18.9 Å². The zero-order valence-corrected chi connectivity index (χ0v) is 23.3. The third kappa shape index (κ3) is 6.78. The monoisotopic (exact) mass is 591 g/mol. The number of hydrogen-bond donors (Lipinski definition) is 3. The molecule has 0 aliphatic carbocycles. The Bertz CT molecular complexity index is 1240. The fourth-order valence-electron chi connectivity index (χ4n) is 5.95.